The SMILES string of the molecule is CC1CCN(CC2CC(C)(C)CCC2N)CC1C. The maximum Gasteiger partial charge on any atom is 0.00797 e. The second-order valence-corrected chi connectivity index (χ2v) is 7.83. The van der Waals surface area contributed by atoms with Crippen molar-refractivity contribution in [1.29, 1.82) is 0 Å². The van der Waals surface area contributed by atoms with E-state index in [1.165, 1.54) is 45.3 Å². The van der Waals surface area contributed by atoms with Crippen LogP contribution in [0.3, 0.4) is 0 Å². The Hall–Kier alpha value is -0.0800. The van der Waals surface area contributed by atoms with Crippen LogP contribution < -0.4 is 5.73 Å². The minimum atomic E-state index is 0.438. The molecule has 0 aromatic rings. The molecule has 2 fully saturated rings. The van der Waals surface area contributed by atoms with Crippen molar-refractivity contribution in [3.8, 4) is 0 Å². The smallest absolute Gasteiger partial charge is 0.00797 e. The Kier molecular flexibility index (Phi) is 4.38. The highest BCUT2D eigenvalue weighted by Gasteiger charge is 2.34. The van der Waals surface area contributed by atoms with E-state index in [2.05, 4.69) is 32.6 Å². The van der Waals surface area contributed by atoms with Crippen LogP contribution in [0.2, 0.25) is 0 Å². The van der Waals surface area contributed by atoms with Crippen LogP contribution in [0.1, 0.15) is 53.4 Å². The second-order valence-electron chi connectivity index (χ2n) is 7.83. The van der Waals surface area contributed by atoms with Gasteiger partial charge in [0, 0.05) is 19.1 Å². The topological polar surface area (TPSA) is 29.3 Å². The van der Waals surface area contributed by atoms with E-state index in [1.807, 2.05) is 0 Å². The third-order valence-electron chi connectivity index (χ3n) is 5.49. The molecule has 4 unspecified atom stereocenters. The van der Waals surface area contributed by atoms with E-state index in [0.717, 1.165) is 11.8 Å². The van der Waals surface area contributed by atoms with Gasteiger partial charge in [-0.2, -0.15) is 0 Å². The normalized spacial score (nSPS) is 41.8. The van der Waals surface area contributed by atoms with Gasteiger partial charge in [-0.1, -0.05) is 27.7 Å². The summed E-state index contributed by atoms with van der Waals surface area (Å²) in [6.07, 6.45) is 5.21. The monoisotopic (exact) mass is 252 g/mol. The van der Waals surface area contributed by atoms with Crippen molar-refractivity contribution >= 4 is 0 Å². The number of nitrogens with zero attached hydrogens (tertiary/aromatic N) is 1. The zero-order chi connectivity index (χ0) is 13.3. The Morgan fingerprint density at radius 2 is 1.89 bits per heavy atom. The van der Waals surface area contributed by atoms with Gasteiger partial charge in [0.1, 0.15) is 0 Å². The maximum atomic E-state index is 6.35. The fraction of sp³-hybridized carbons (Fsp3) is 1.00. The number of hydrogen-bond acceptors (Lipinski definition) is 2. The number of piperidine rings is 1. The first-order chi connectivity index (χ1) is 8.37. The maximum absolute atomic E-state index is 6.35. The summed E-state index contributed by atoms with van der Waals surface area (Å²) >= 11 is 0. The summed E-state index contributed by atoms with van der Waals surface area (Å²) in [6.45, 7) is 13.4. The highest BCUT2D eigenvalue weighted by molar-refractivity contribution is 4.89. The van der Waals surface area contributed by atoms with Gasteiger partial charge in [-0.05, 0) is 55.4 Å². The largest absolute Gasteiger partial charge is 0.327 e. The molecule has 2 aliphatic rings. The van der Waals surface area contributed by atoms with Gasteiger partial charge in [0.05, 0.1) is 0 Å². The van der Waals surface area contributed by atoms with Gasteiger partial charge in [0.2, 0.25) is 0 Å². The zero-order valence-corrected chi connectivity index (χ0v) is 12.8. The molecule has 1 heterocycles. The molecule has 2 rings (SSSR count). The van der Waals surface area contributed by atoms with Crippen LogP contribution in [0.4, 0.5) is 0 Å². The minimum absolute atomic E-state index is 0.438. The molecule has 1 aliphatic carbocycles. The minimum Gasteiger partial charge on any atom is -0.327 e. The lowest BCUT2D eigenvalue weighted by molar-refractivity contribution is 0.0770. The fourth-order valence-electron chi connectivity index (χ4n) is 3.80. The van der Waals surface area contributed by atoms with Crippen LogP contribution in [-0.4, -0.2) is 30.6 Å². The van der Waals surface area contributed by atoms with E-state index in [-0.39, 0.29) is 0 Å². The van der Waals surface area contributed by atoms with Crippen LogP contribution in [0.25, 0.3) is 0 Å². The predicted molar refractivity (Wildman–Crippen MR) is 78.5 cm³/mol. The Morgan fingerprint density at radius 1 is 1.17 bits per heavy atom. The van der Waals surface area contributed by atoms with E-state index < -0.39 is 0 Å². The first-order valence-corrected chi connectivity index (χ1v) is 7.85. The van der Waals surface area contributed by atoms with Gasteiger partial charge in [-0.25, -0.2) is 0 Å². The molecule has 0 aromatic carbocycles. The van der Waals surface area contributed by atoms with Crippen LogP contribution in [-0.2, 0) is 0 Å². The number of nitrogens with two attached hydrogens (primary N) is 1. The lowest BCUT2D eigenvalue weighted by atomic mass is 9.70. The summed E-state index contributed by atoms with van der Waals surface area (Å²) < 4.78 is 0. The number of likely N-dealkylation sites (tertiary alicyclic amines) is 1. The average molecular weight is 252 g/mol. The molecule has 2 N–H and O–H groups in total. The van der Waals surface area contributed by atoms with Gasteiger partial charge < -0.3 is 10.6 Å². The van der Waals surface area contributed by atoms with Crippen LogP contribution in [0.5, 0.6) is 0 Å². The Labute approximate surface area is 113 Å². The molecule has 0 bridgehead atoms. The molecule has 4 atom stereocenters. The van der Waals surface area contributed by atoms with Crippen molar-refractivity contribution in [2.45, 2.75) is 59.4 Å². The fourth-order valence-corrected chi connectivity index (χ4v) is 3.80. The van der Waals surface area contributed by atoms with E-state index >= 15 is 0 Å². The Bertz CT molecular complexity index is 274. The van der Waals surface area contributed by atoms with E-state index in [1.54, 1.807) is 0 Å². The van der Waals surface area contributed by atoms with E-state index in [0.29, 0.717) is 17.4 Å². The first kappa shape index (κ1) is 14.3. The molecule has 2 nitrogen and oxygen atoms in total. The summed E-state index contributed by atoms with van der Waals surface area (Å²) in [7, 11) is 0. The summed E-state index contributed by atoms with van der Waals surface area (Å²) in [5, 5.41) is 0. The third kappa shape index (κ3) is 3.48. The lowest BCUT2D eigenvalue weighted by Gasteiger charge is -2.43. The van der Waals surface area contributed by atoms with Crippen LogP contribution >= 0.6 is 0 Å². The first-order valence-electron chi connectivity index (χ1n) is 7.85. The van der Waals surface area contributed by atoms with Crippen molar-refractivity contribution in [3.05, 3.63) is 0 Å². The molecule has 0 radical (unpaired) electrons. The molecule has 18 heavy (non-hydrogen) atoms. The zero-order valence-electron chi connectivity index (χ0n) is 12.8. The van der Waals surface area contributed by atoms with Gasteiger partial charge in [0.15, 0.2) is 0 Å². The van der Waals surface area contributed by atoms with Gasteiger partial charge in [-0.15, -0.1) is 0 Å². The van der Waals surface area contributed by atoms with Crippen molar-refractivity contribution in [3.63, 3.8) is 0 Å². The molecular formula is C16H32N2. The summed E-state index contributed by atoms with van der Waals surface area (Å²) in [4.78, 5) is 2.68. The van der Waals surface area contributed by atoms with Crippen molar-refractivity contribution in [2.24, 2.45) is 28.9 Å². The van der Waals surface area contributed by atoms with E-state index in [9.17, 15) is 0 Å². The molecule has 106 valence electrons. The van der Waals surface area contributed by atoms with Crippen molar-refractivity contribution in [2.75, 3.05) is 19.6 Å². The molecule has 0 aromatic heterocycles. The Balaban J connectivity index is 1.88. The summed E-state index contributed by atoms with van der Waals surface area (Å²) in [5.74, 6) is 2.47. The molecular weight excluding hydrogens is 220 g/mol. The molecule has 1 aliphatic heterocycles. The highest BCUT2D eigenvalue weighted by Crippen LogP contribution is 2.38. The average Bonchev–Trinajstić information content (AvgIpc) is 2.28. The predicted octanol–water partition coefficient (Wildman–Crippen LogP) is 3.12. The number of hydrogen-bond donors (Lipinski definition) is 1. The second kappa shape index (κ2) is 5.50. The van der Waals surface area contributed by atoms with Crippen LogP contribution in [0.15, 0.2) is 0 Å². The van der Waals surface area contributed by atoms with Gasteiger partial charge in [-0.3, -0.25) is 0 Å². The summed E-state index contributed by atoms with van der Waals surface area (Å²) in [5.41, 5.74) is 6.86. The standard InChI is InChI=1S/C16H32N2/c1-12-6-8-18(10-13(12)2)11-14-9-16(3,4)7-5-15(14)17/h12-15H,5-11,17H2,1-4H3. The van der Waals surface area contributed by atoms with Crippen LogP contribution in [0, 0.1) is 23.2 Å². The van der Waals surface area contributed by atoms with Crippen molar-refractivity contribution in [1.82, 2.24) is 4.90 Å². The molecule has 1 saturated heterocycles. The Morgan fingerprint density at radius 3 is 2.56 bits per heavy atom. The third-order valence-corrected chi connectivity index (χ3v) is 5.49. The van der Waals surface area contributed by atoms with Crippen molar-refractivity contribution < 1.29 is 0 Å². The molecule has 0 amide bonds. The number of rotatable bonds is 2. The summed E-state index contributed by atoms with van der Waals surface area (Å²) in [6, 6.07) is 0.438. The molecule has 0 spiro atoms. The lowest BCUT2D eigenvalue weighted by Crippen LogP contribution is -2.48. The van der Waals surface area contributed by atoms with Gasteiger partial charge in [0.25, 0.3) is 0 Å². The molecule has 2 heteroatoms. The van der Waals surface area contributed by atoms with Gasteiger partial charge >= 0.3 is 0 Å². The highest BCUT2D eigenvalue weighted by atomic mass is 15.1. The quantitative estimate of drug-likeness (QED) is 0.818. The van der Waals surface area contributed by atoms with E-state index in [4.69, 9.17) is 5.73 Å². The molecule has 1 saturated carbocycles.